The van der Waals surface area contributed by atoms with E-state index >= 15 is 0 Å². The van der Waals surface area contributed by atoms with Crippen LogP contribution in [0, 0.1) is 0 Å². The highest BCUT2D eigenvalue weighted by Crippen LogP contribution is 2.24. The van der Waals surface area contributed by atoms with Crippen molar-refractivity contribution in [1.29, 1.82) is 0 Å². The minimum absolute atomic E-state index is 0.0124. The summed E-state index contributed by atoms with van der Waals surface area (Å²) >= 11 is 0. The first-order valence-corrected chi connectivity index (χ1v) is 5.16. The van der Waals surface area contributed by atoms with Gasteiger partial charge in [0, 0.05) is 25.3 Å². The van der Waals surface area contributed by atoms with Crippen molar-refractivity contribution in [3.8, 4) is 0 Å². The molecule has 6 heteroatoms. The van der Waals surface area contributed by atoms with Crippen LogP contribution >= 0.6 is 0 Å². The largest absolute Gasteiger partial charge is 0.471 e. The summed E-state index contributed by atoms with van der Waals surface area (Å²) in [6.45, 7) is 0.355. The highest BCUT2D eigenvalue weighted by Gasteiger charge is 2.42. The van der Waals surface area contributed by atoms with Gasteiger partial charge >= 0.3 is 12.1 Å². The lowest BCUT2D eigenvalue weighted by molar-refractivity contribution is -0.185. The van der Waals surface area contributed by atoms with E-state index < -0.39 is 12.1 Å². The maximum Gasteiger partial charge on any atom is 0.471 e. The molecule has 1 aliphatic heterocycles. The first-order chi connectivity index (χ1) is 7.98. The van der Waals surface area contributed by atoms with Gasteiger partial charge in [0.25, 0.3) is 0 Å². The van der Waals surface area contributed by atoms with Gasteiger partial charge < -0.3 is 10.2 Å². The molecule has 1 aromatic carbocycles. The topological polar surface area (TPSA) is 32.3 Å². The van der Waals surface area contributed by atoms with Crippen LogP contribution in [0.15, 0.2) is 24.3 Å². The van der Waals surface area contributed by atoms with Crippen molar-refractivity contribution in [3.63, 3.8) is 0 Å². The summed E-state index contributed by atoms with van der Waals surface area (Å²) in [5, 5.41) is 3.00. The van der Waals surface area contributed by atoms with E-state index in [-0.39, 0.29) is 13.1 Å². The zero-order chi connectivity index (χ0) is 12.5. The molecule has 0 bridgehead atoms. The molecular weight excluding hydrogens is 233 g/mol. The van der Waals surface area contributed by atoms with Crippen molar-refractivity contribution >= 4 is 11.6 Å². The molecule has 1 heterocycles. The molecular formula is C11H11F3N2O. The summed E-state index contributed by atoms with van der Waals surface area (Å²) < 4.78 is 37.0. The van der Waals surface area contributed by atoms with Gasteiger partial charge in [-0.25, -0.2) is 0 Å². The number of para-hydroxylation sites is 1. The van der Waals surface area contributed by atoms with Crippen molar-refractivity contribution in [2.45, 2.75) is 12.7 Å². The summed E-state index contributed by atoms with van der Waals surface area (Å²) in [5.74, 6) is -1.78. The summed E-state index contributed by atoms with van der Waals surface area (Å²) in [5.41, 5.74) is 1.48. The Kier molecular flexibility index (Phi) is 2.95. The van der Waals surface area contributed by atoms with Crippen molar-refractivity contribution in [1.82, 2.24) is 4.90 Å². The van der Waals surface area contributed by atoms with E-state index in [1.54, 1.807) is 24.3 Å². The molecule has 0 spiro atoms. The fourth-order valence-corrected chi connectivity index (χ4v) is 1.79. The van der Waals surface area contributed by atoms with Gasteiger partial charge in [0.15, 0.2) is 0 Å². The Balaban J connectivity index is 2.22. The molecule has 0 unspecified atom stereocenters. The number of nitrogens with zero attached hydrogens (tertiary/aromatic N) is 1. The highest BCUT2D eigenvalue weighted by atomic mass is 19.4. The quantitative estimate of drug-likeness (QED) is 0.757. The summed E-state index contributed by atoms with van der Waals surface area (Å²) in [4.78, 5) is 12.0. The Hall–Kier alpha value is -1.72. The molecule has 92 valence electrons. The number of carbonyl (C=O) groups excluding carboxylic acids is 1. The van der Waals surface area contributed by atoms with Crippen LogP contribution in [0.25, 0.3) is 0 Å². The van der Waals surface area contributed by atoms with Crippen LogP contribution in [0.3, 0.4) is 0 Å². The molecule has 1 N–H and O–H groups in total. The Morgan fingerprint density at radius 1 is 1.29 bits per heavy atom. The molecule has 0 atom stereocenters. The Labute approximate surface area is 96.2 Å². The molecule has 3 nitrogen and oxygen atoms in total. The third-order valence-corrected chi connectivity index (χ3v) is 2.61. The standard InChI is InChI=1S/C11H11F3N2O/c12-11(13,14)10(17)16-6-5-15-9-4-2-1-3-8(9)7-16/h1-4,15H,5-7H2. The Bertz CT molecular complexity index is 431. The number of anilines is 1. The van der Waals surface area contributed by atoms with E-state index in [2.05, 4.69) is 5.32 Å². The summed E-state index contributed by atoms with van der Waals surface area (Å²) in [6.07, 6.45) is -4.81. The minimum atomic E-state index is -4.81. The lowest BCUT2D eigenvalue weighted by atomic mass is 10.1. The van der Waals surface area contributed by atoms with Crippen LogP contribution in [0.4, 0.5) is 18.9 Å². The number of alkyl halides is 3. The second-order valence-electron chi connectivity index (χ2n) is 3.81. The second-order valence-corrected chi connectivity index (χ2v) is 3.81. The van der Waals surface area contributed by atoms with Gasteiger partial charge in [-0.05, 0) is 11.6 Å². The fourth-order valence-electron chi connectivity index (χ4n) is 1.79. The second kappa shape index (κ2) is 4.27. The molecule has 0 radical (unpaired) electrons. The maximum absolute atomic E-state index is 12.3. The number of amides is 1. The average molecular weight is 244 g/mol. The monoisotopic (exact) mass is 244 g/mol. The molecule has 0 aromatic heterocycles. The zero-order valence-electron chi connectivity index (χ0n) is 8.92. The molecule has 17 heavy (non-hydrogen) atoms. The number of nitrogens with one attached hydrogen (secondary N) is 1. The predicted octanol–water partition coefficient (Wildman–Crippen LogP) is 2.00. The van der Waals surface area contributed by atoms with Crippen molar-refractivity contribution < 1.29 is 18.0 Å². The van der Waals surface area contributed by atoms with Crippen molar-refractivity contribution in [3.05, 3.63) is 29.8 Å². The van der Waals surface area contributed by atoms with E-state index in [1.165, 1.54) is 0 Å². The highest BCUT2D eigenvalue weighted by molar-refractivity contribution is 5.82. The number of halogens is 3. The molecule has 1 aliphatic rings. The Morgan fingerprint density at radius 3 is 2.71 bits per heavy atom. The smallest absolute Gasteiger partial charge is 0.383 e. The van der Waals surface area contributed by atoms with E-state index in [0.717, 1.165) is 10.6 Å². The SMILES string of the molecule is O=C(N1CCNc2ccccc2C1)C(F)(F)F. The number of rotatable bonds is 0. The van der Waals surface area contributed by atoms with Gasteiger partial charge in [-0.3, -0.25) is 4.79 Å². The van der Waals surface area contributed by atoms with Gasteiger partial charge in [0.05, 0.1) is 0 Å². The molecule has 0 saturated heterocycles. The summed E-state index contributed by atoms with van der Waals surface area (Å²) in [6, 6.07) is 7.04. The third kappa shape index (κ3) is 2.51. The minimum Gasteiger partial charge on any atom is -0.383 e. The van der Waals surface area contributed by atoms with E-state index in [4.69, 9.17) is 0 Å². The lowest BCUT2D eigenvalue weighted by Crippen LogP contribution is -2.41. The van der Waals surface area contributed by atoms with E-state index in [9.17, 15) is 18.0 Å². The first kappa shape index (κ1) is 11.8. The van der Waals surface area contributed by atoms with Crippen LogP contribution in [-0.2, 0) is 11.3 Å². The van der Waals surface area contributed by atoms with Crippen LogP contribution in [0.5, 0.6) is 0 Å². The van der Waals surface area contributed by atoms with Crippen LogP contribution in [0.2, 0.25) is 0 Å². The van der Waals surface area contributed by atoms with Crippen LogP contribution in [0.1, 0.15) is 5.56 Å². The molecule has 0 aliphatic carbocycles. The molecule has 2 rings (SSSR count). The van der Waals surface area contributed by atoms with Crippen LogP contribution < -0.4 is 5.32 Å². The van der Waals surface area contributed by atoms with Crippen molar-refractivity contribution in [2.75, 3.05) is 18.4 Å². The lowest BCUT2D eigenvalue weighted by Gasteiger charge is -2.21. The van der Waals surface area contributed by atoms with Gasteiger partial charge in [-0.1, -0.05) is 18.2 Å². The van der Waals surface area contributed by atoms with E-state index in [1.807, 2.05) is 0 Å². The third-order valence-electron chi connectivity index (χ3n) is 2.61. The van der Waals surface area contributed by atoms with E-state index in [0.29, 0.717) is 12.1 Å². The number of benzene rings is 1. The van der Waals surface area contributed by atoms with Crippen LogP contribution in [-0.4, -0.2) is 30.1 Å². The van der Waals surface area contributed by atoms with Gasteiger partial charge in [0.1, 0.15) is 0 Å². The normalized spacial score (nSPS) is 15.8. The Morgan fingerprint density at radius 2 is 2.00 bits per heavy atom. The molecule has 1 amide bonds. The molecule has 1 aromatic rings. The average Bonchev–Trinajstić information content (AvgIpc) is 2.48. The number of hydrogen-bond donors (Lipinski definition) is 1. The zero-order valence-corrected chi connectivity index (χ0v) is 8.92. The molecule has 0 saturated carbocycles. The van der Waals surface area contributed by atoms with Gasteiger partial charge in [-0.15, -0.1) is 0 Å². The van der Waals surface area contributed by atoms with Gasteiger partial charge in [0.2, 0.25) is 0 Å². The first-order valence-electron chi connectivity index (χ1n) is 5.16. The van der Waals surface area contributed by atoms with Gasteiger partial charge in [-0.2, -0.15) is 13.2 Å². The number of carbonyl (C=O) groups is 1. The van der Waals surface area contributed by atoms with Crippen molar-refractivity contribution in [2.24, 2.45) is 0 Å². The summed E-state index contributed by atoms with van der Waals surface area (Å²) in [7, 11) is 0. The number of fused-ring (bicyclic) bond motifs is 1. The molecule has 0 fully saturated rings. The predicted molar refractivity (Wildman–Crippen MR) is 56.4 cm³/mol. The fraction of sp³-hybridized carbons (Fsp3) is 0.364. The number of hydrogen-bond acceptors (Lipinski definition) is 2. The maximum atomic E-state index is 12.3.